The Morgan fingerprint density at radius 1 is 1.00 bits per heavy atom. The fourth-order valence-corrected chi connectivity index (χ4v) is 3.12. The van der Waals surface area contributed by atoms with E-state index in [9.17, 15) is 9.59 Å². The van der Waals surface area contributed by atoms with Crippen LogP contribution in [0.1, 0.15) is 22.8 Å². The van der Waals surface area contributed by atoms with Gasteiger partial charge in [0.1, 0.15) is 6.29 Å². The number of hydrogen-bond acceptors (Lipinski definition) is 3. The molecule has 0 aromatic heterocycles. The third-order valence-corrected chi connectivity index (χ3v) is 4.51. The molecule has 124 valence electrons. The number of nitrogens with zero attached hydrogens (tertiary/aromatic N) is 2. The van der Waals surface area contributed by atoms with Gasteiger partial charge in [0.2, 0.25) is 5.91 Å². The van der Waals surface area contributed by atoms with Crippen molar-refractivity contribution in [2.75, 3.05) is 26.2 Å². The van der Waals surface area contributed by atoms with Crippen molar-refractivity contribution in [3.63, 3.8) is 0 Å². The molecule has 0 unspecified atom stereocenters. The Morgan fingerprint density at radius 3 is 2.33 bits per heavy atom. The summed E-state index contributed by atoms with van der Waals surface area (Å²) in [6.45, 7) is 5.93. The SMILES string of the molecule is CC(=O)N1CCN(Cc2cccc(-c3cccc(C=O)c3)c2)CC1. The Balaban J connectivity index is 1.70. The van der Waals surface area contributed by atoms with Gasteiger partial charge < -0.3 is 4.90 Å². The maximum atomic E-state index is 11.4. The number of aldehydes is 1. The molecule has 1 heterocycles. The van der Waals surface area contributed by atoms with Gasteiger partial charge in [0.15, 0.2) is 0 Å². The fourth-order valence-electron chi connectivity index (χ4n) is 3.12. The second kappa shape index (κ2) is 7.41. The normalized spacial score (nSPS) is 15.3. The molecular weight excluding hydrogens is 300 g/mol. The summed E-state index contributed by atoms with van der Waals surface area (Å²) in [4.78, 5) is 26.6. The highest BCUT2D eigenvalue weighted by Gasteiger charge is 2.18. The maximum absolute atomic E-state index is 11.4. The van der Waals surface area contributed by atoms with Crippen LogP contribution < -0.4 is 0 Å². The topological polar surface area (TPSA) is 40.6 Å². The smallest absolute Gasteiger partial charge is 0.219 e. The average molecular weight is 322 g/mol. The Hall–Kier alpha value is -2.46. The minimum atomic E-state index is 0.159. The minimum Gasteiger partial charge on any atom is -0.340 e. The Kier molecular flexibility index (Phi) is 5.06. The largest absolute Gasteiger partial charge is 0.340 e. The molecule has 1 aliphatic rings. The molecule has 3 rings (SSSR count). The van der Waals surface area contributed by atoms with Crippen LogP contribution >= 0.6 is 0 Å². The van der Waals surface area contributed by atoms with Crippen LogP contribution in [-0.2, 0) is 11.3 Å². The van der Waals surface area contributed by atoms with Crippen LogP contribution in [0.5, 0.6) is 0 Å². The van der Waals surface area contributed by atoms with E-state index < -0.39 is 0 Å². The van der Waals surface area contributed by atoms with Crippen LogP contribution in [0.25, 0.3) is 11.1 Å². The van der Waals surface area contributed by atoms with Crippen molar-refractivity contribution in [3.05, 3.63) is 59.7 Å². The second-order valence-corrected chi connectivity index (χ2v) is 6.23. The predicted molar refractivity (Wildman–Crippen MR) is 94.8 cm³/mol. The van der Waals surface area contributed by atoms with E-state index >= 15 is 0 Å². The lowest BCUT2D eigenvalue weighted by molar-refractivity contribution is -0.130. The lowest BCUT2D eigenvalue weighted by Gasteiger charge is -2.34. The first-order valence-electron chi connectivity index (χ1n) is 8.28. The lowest BCUT2D eigenvalue weighted by Crippen LogP contribution is -2.47. The molecule has 0 saturated carbocycles. The maximum Gasteiger partial charge on any atom is 0.219 e. The summed E-state index contributed by atoms with van der Waals surface area (Å²) < 4.78 is 0. The third-order valence-electron chi connectivity index (χ3n) is 4.51. The second-order valence-electron chi connectivity index (χ2n) is 6.23. The molecule has 1 aliphatic heterocycles. The zero-order valence-electron chi connectivity index (χ0n) is 13.9. The van der Waals surface area contributed by atoms with Crippen molar-refractivity contribution in [2.45, 2.75) is 13.5 Å². The van der Waals surface area contributed by atoms with Crippen LogP contribution in [0.3, 0.4) is 0 Å². The van der Waals surface area contributed by atoms with Gasteiger partial charge in [-0.15, -0.1) is 0 Å². The molecule has 0 atom stereocenters. The van der Waals surface area contributed by atoms with Crippen LogP contribution in [0.2, 0.25) is 0 Å². The van der Waals surface area contributed by atoms with Gasteiger partial charge in [-0.2, -0.15) is 0 Å². The van der Waals surface area contributed by atoms with E-state index in [0.717, 1.165) is 50.1 Å². The molecule has 1 saturated heterocycles. The first-order chi connectivity index (χ1) is 11.7. The Labute approximate surface area is 142 Å². The Morgan fingerprint density at radius 2 is 1.67 bits per heavy atom. The van der Waals surface area contributed by atoms with Crippen molar-refractivity contribution < 1.29 is 9.59 Å². The first-order valence-corrected chi connectivity index (χ1v) is 8.28. The monoisotopic (exact) mass is 322 g/mol. The Bertz CT molecular complexity index is 734. The van der Waals surface area contributed by atoms with Gasteiger partial charge in [-0.25, -0.2) is 0 Å². The number of benzene rings is 2. The molecule has 24 heavy (non-hydrogen) atoms. The highest BCUT2D eigenvalue weighted by molar-refractivity contribution is 5.79. The molecule has 2 aromatic rings. The third kappa shape index (κ3) is 3.89. The lowest BCUT2D eigenvalue weighted by atomic mass is 10.0. The molecule has 0 spiro atoms. The zero-order chi connectivity index (χ0) is 16.9. The zero-order valence-corrected chi connectivity index (χ0v) is 13.9. The molecule has 0 radical (unpaired) electrons. The van der Waals surface area contributed by atoms with Crippen molar-refractivity contribution in [1.29, 1.82) is 0 Å². The molecule has 4 nitrogen and oxygen atoms in total. The average Bonchev–Trinajstić information content (AvgIpc) is 2.62. The summed E-state index contributed by atoms with van der Waals surface area (Å²) in [7, 11) is 0. The quantitative estimate of drug-likeness (QED) is 0.813. The fraction of sp³-hybridized carbons (Fsp3) is 0.300. The molecule has 4 heteroatoms. The highest BCUT2D eigenvalue weighted by atomic mass is 16.2. The van der Waals surface area contributed by atoms with Gasteiger partial charge >= 0.3 is 0 Å². The summed E-state index contributed by atoms with van der Waals surface area (Å²) in [6.07, 6.45) is 0.877. The summed E-state index contributed by atoms with van der Waals surface area (Å²) in [5, 5.41) is 0. The van der Waals surface area contributed by atoms with Gasteiger partial charge in [0.05, 0.1) is 0 Å². The summed E-state index contributed by atoms with van der Waals surface area (Å²) in [5.41, 5.74) is 4.12. The molecule has 0 N–H and O–H groups in total. The van der Waals surface area contributed by atoms with Crippen LogP contribution in [0, 0.1) is 0 Å². The van der Waals surface area contributed by atoms with Gasteiger partial charge in [0, 0.05) is 45.2 Å². The number of hydrogen-bond donors (Lipinski definition) is 0. The first kappa shape index (κ1) is 16.4. The van der Waals surface area contributed by atoms with Crippen molar-refractivity contribution in [1.82, 2.24) is 9.80 Å². The molecule has 0 aliphatic carbocycles. The summed E-state index contributed by atoms with van der Waals surface area (Å²) >= 11 is 0. The molecular formula is C20H22N2O2. The number of carbonyl (C=O) groups is 2. The van der Waals surface area contributed by atoms with Gasteiger partial charge in [-0.05, 0) is 28.8 Å². The van der Waals surface area contributed by atoms with Crippen molar-refractivity contribution >= 4 is 12.2 Å². The van der Waals surface area contributed by atoms with Crippen LogP contribution in [0.4, 0.5) is 0 Å². The van der Waals surface area contributed by atoms with Gasteiger partial charge in [0.25, 0.3) is 0 Å². The number of amides is 1. The molecule has 0 bridgehead atoms. The van der Waals surface area contributed by atoms with Crippen molar-refractivity contribution in [2.24, 2.45) is 0 Å². The minimum absolute atomic E-state index is 0.159. The molecule has 1 amide bonds. The highest BCUT2D eigenvalue weighted by Crippen LogP contribution is 2.22. The number of rotatable bonds is 4. The standard InChI is InChI=1S/C20H22N2O2/c1-16(24)22-10-8-21(9-11-22)14-17-4-2-6-19(12-17)20-7-3-5-18(13-20)15-23/h2-7,12-13,15H,8-11,14H2,1H3. The van der Waals surface area contributed by atoms with E-state index in [1.165, 1.54) is 5.56 Å². The van der Waals surface area contributed by atoms with E-state index in [1.807, 2.05) is 29.2 Å². The van der Waals surface area contributed by atoms with Crippen LogP contribution in [0.15, 0.2) is 48.5 Å². The van der Waals surface area contributed by atoms with Gasteiger partial charge in [-0.3, -0.25) is 14.5 Å². The van der Waals surface area contributed by atoms with Crippen LogP contribution in [-0.4, -0.2) is 48.2 Å². The molecule has 1 fully saturated rings. The predicted octanol–water partition coefficient (Wildman–Crippen LogP) is 2.83. The summed E-state index contributed by atoms with van der Waals surface area (Å²) in [6, 6.07) is 16.1. The van der Waals surface area contributed by atoms with E-state index in [2.05, 4.69) is 29.2 Å². The number of carbonyl (C=O) groups excluding carboxylic acids is 2. The van der Waals surface area contributed by atoms with E-state index in [0.29, 0.717) is 5.56 Å². The van der Waals surface area contributed by atoms with Gasteiger partial charge in [-0.1, -0.05) is 36.4 Å². The summed E-state index contributed by atoms with van der Waals surface area (Å²) in [5.74, 6) is 0.159. The van der Waals surface area contributed by atoms with Crippen molar-refractivity contribution in [3.8, 4) is 11.1 Å². The van der Waals surface area contributed by atoms with E-state index in [4.69, 9.17) is 0 Å². The molecule has 2 aromatic carbocycles. The number of piperazine rings is 1. The van der Waals surface area contributed by atoms with E-state index in [-0.39, 0.29) is 5.91 Å². The van der Waals surface area contributed by atoms with E-state index in [1.54, 1.807) is 6.92 Å².